The maximum absolute atomic E-state index is 11.9. The van der Waals surface area contributed by atoms with E-state index in [2.05, 4.69) is 31.1 Å². The molecule has 1 aromatic heterocycles. The van der Waals surface area contributed by atoms with Crippen molar-refractivity contribution < 1.29 is 9.90 Å². The van der Waals surface area contributed by atoms with Gasteiger partial charge in [-0.05, 0) is 35.9 Å². The predicted molar refractivity (Wildman–Crippen MR) is 92.3 cm³/mol. The molecule has 0 unspecified atom stereocenters. The molecule has 2 aromatic carbocycles. The van der Waals surface area contributed by atoms with Gasteiger partial charge in [-0.15, -0.1) is 10.2 Å². The summed E-state index contributed by atoms with van der Waals surface area (Å²) in [6.07, 6.45) is 0.0941. The highest BCUT2D eigenvalue weighted by Gasteiger charge is 2.11. The summed E-state index contributed by atoms with van der Waals surface area (Å²) in [6, 6.07) is 12.4. The number of nitrogens with zero attached hydrogens (tertiary/aromatic N) is 2. The molecule has 0 bridgehead atoms. The summed E-state index contributed by atoms with van der Waals surface area (Å²) < 4.78 is 0.839. The molecule has 1 heterocycles. The van der Waals surface area contributed by atoms with Crippen molar-refractivity contribution in [2.45, 2.75) is 6.42 Å². The Morgan fingerprint density at radius 2 is 2.09 bits per heavy atom. The van der Waals surface area contributed by atoms with Gasteiger partial charge in [-0.2, -0.15) is 0 Å². The van der Waals surface area contributed by atoms with Crippen LogP contribution in [0.1, 0.15) is 5.56 Å². The number of carbonyl (C=O) groups excluding carboxylic acids is 1. The van der Waals surface area contributed by atoms with E-state index in [1.165, 1.54) is 0 Å². The van der Waals surface area contributed by atoms with Crippen molar-refractivity contribution in [3.63, 3.8) is 0 Å². The molecule has 2 N–H and O–H groups in total. The first-order valence-electron chi connectivity index (χ1n) is 6.72. The lowest BCUT2D eigenvalue weighted by atomic mass is 10.1. The van der Waals surface area contributed by atoms with Crippen LogP contribution in [0.5, 0.6) is 5.88 Å². The average molecular weight is 393 g/mol. The Bertz CT molecular complexity index is 921. The zero-order chi connectivity index (χ0) is 16.4. The highest BCUT2D eigenvalue weighted by Crippen LogP contribution is 2.36. The van der Waals surface area contributed by atoms with Crippen molar-refractivity contribution in [3.05, 3.63) is 57.5 Å². The van der Waals surface area contributed by atoms with Gasteiger partial charge in [0.05, 0.1) is 11.9 Å². The van der Waals surface area contributed by atoms with Gasteiger partial charge in [0, 0.05) is 14.9 Å². The van der Waals surface area contributed by atoms with Crippen LogP contribution in [-0.2, 0) is 11.2 Å². The Morgan fingerprint density at radius 1 is 1.26 bits per heavy atom. The lowest BCUT2D eigenvalue weighted by molar-refractivity contribution is -0.117. The van der Waals surface area contributed by atoms with E-state index in [-0.39, 0.29) is 18.0 Å². The second-order valence-electron chi connectivity index (χ2n) is 4.91. The number of fused-ring (bicyclic) bond motifs is 1. The number of aromatic amines is 1. The largest absolute Gasteiger partial charge is 0.493 e. The fraction of sp³-hybridized carbons (Fsp3) is 0.0625. The second-order valence-corrected chi connectivity index (χ2v) is 6.26. The van der Waals surface area contributed by atoms with Gasteiger partial charge < -0.3 is 10.1 Å². The minimum Gasteiger partial charge on any atom is -0.493 e. The highest BCUT2D eigenvalue weighted by molar-refractivity contribution is 9.10. The molecule has 0 saturated carbocycles. The number of carbonyl (C=O) groups is 1. The lowest BCUT2D eigenvalue weighted by Gasteiger charge is -1.97. The molecule has 0 atom stereocenters. The van der Waals surface area contributed by atoms with Crippen LogP contribution in [-0.4, -0.2) is 16.0 Å². The molecule has 23 heavy (non-hydrogen) atoms. The number of nitrogens with one attached hydrogen (secondary N) is 1. The first kappa shape index (κ1) is 15.7. The SMILES string of the molecule is O=C(Cc1cccc(Cl)c1)N=Nc1c(O)[nH]c2ccc(Br)cc12. The van der Waals surface area contributed by atoms with Gasteiger partial charge in [0.25, 0.3) is 5.91 Å². The molecule has 5 nitrogen and oxygen atoms in total. The maximum atomic E-state index is 11.9. The maximum Gasteiger partial charge on any atom is 0.269 e. The fourth-order valence-electron chi connectivity index (χ4n) is 2.20. The summed E-state index contributed by atoms with van der Waals surface area (Å²) in [5.74, 6) is -0.548. The number of aromatic hydroxyl groups is 1. The van der Waals surface area contributed by atoms with Crippen molar-refractivity contribution in [1.82, 2.24) is 4.98 Å². The molecule has 0 aliphatic rings. The molecule has 3 aromatic rings. The van der Waals surface area contributed by atoms with Crippen molar-refractivity contribution in [3.8, 4) is 5.88 Å². The first-order valence-corrected chi connectivity index (χ1v) is 7.89. The van der Waals surface area contributed by atoms with Crippen molar-refractivity contribution in [1.29, 1.82) is 0 Å². The predicted octanol–water partition coefficient (Wildman–Crippen LogP) is 5.14. The van der Waals surface area contributed by atoms with Crippen LogP contribution < -0.4 is 0 Å². The normalized spacial score (nSPS) is 11.4. The number of halogens is 2. The molecule has 3 rings (SSSR count). The van der Waals surface area contributed by atoms with Gasteiger partial charge in [-0.3, -0.25) is 4.79 Å². The van der Waals surface area contributed by atoms with Crippen LogP contribution in [0, 0.1) is 0 Å². The summed E-state index contributed by atoms with van der Waals surface area (Å²) in [6.45, 7) is 0. The molecule has 0 radical (unpaired) electrons. The third-order valence-electron chi connectivity index (χ3n) is 3.22. The summed E-state index contributed by atoms with van der Waals surface area (Å²) in [5, 5.41) is 18.7. The molecule has 0 spiro atoms. The van der Waals surface area contributed by atoms with Crippen LogP contribution in [0.3, 0.4) is 0 Å². The van der Waals surface area contributed by atoms with E-state index in [0.29, 0.717) is 15.9 Å². The number of aromatic nitrogens is 1. The van der Waals surface area contributed by atoms with E-state index in [4.69, 9.17) is 11.6 Å². The molecule has 7 heteroatoms. The van der Waals surface area contributed by atoms with Gasteiger partial charge in [0.1, 0.15) is 0 Å². The summed E-state index contributed by atoms with van der Waals surface area (Å²) in [4.78, 5) is 14.7. The van der Waals surface area contributed by atoms with E-state index in [9.17, 15) is 9.90 Å². The zero-order valence-electron chi connectivity index (χ0n) is 11.8. The number of azo groups is 1. The molecule has 0 saturated heterocycles. The Morgan fingerprint density at radius 3 is 2.87 bits per heavy atom. The Kier molecular flexibility index (Phi) is 4.45. The molecule has 116 valence electrons. The molecular weight excluding hydrogens is 382 g/mol. The van der Waals surface area contributed by atoms with Gasteiger partial charge in [0.2, 0.25) is 5.88 Å². The number of rotatable bonds is 3. The average Bonchev–Trinajstić information content (AvgIpc) is 2.80. The van der Waals surface area contributed by atoms with E-state index in [0.717, 1.165) is 10.0 Å². The third kappa shape index (κ3) is 3.60. The Balaban J connectivity index is 1.83. The highest BCUT2D eigenvalue weighted by atomic mass is 79.9. The van der Waals surface area contributed by atoms with Crippen LogP contribution in [0.2, 0.25) is 5.02 Å². The smallest absolute Gasteiger partial charge is 0.269 e. The van der Waals surface area contributed by atoms with E-state index < -0.39 is 5.91 Å². The van der Waals surface area contributed by atoms with Crippen LogP contribution in [0.25, 0.3) is 10.9 Å². The Hall–Kier alpha value is -2.18. The molecule has 0 aliphatic carbocycles. The summed E-state index contributed by atoms with van der Waals surface area (Å²) in [5.41, 5.74) is 1.70. The minimum atomic E-state index is -0.420. The number of hydrogen-bond acceptors (Lipinski definition) is 3. The molecular formula is C16H11BrClN3O2. The van der Waals surface area contributed by atoms with Crippen LogP contribution >= 0.6 is 27.5 Å². The lowest BCUT2D eigenvalue weighted by Crippen LogP contribution is -1.97. The van der Waals surface area contributed by atoms with Gasteiger partial charge in [-0.1, -0.05) is 39.7 Å². The van der Waals surface area contributed by atoms with E-state index >= 15 is 0 Å². The van der Waals surface area contributed by atoms with Crippen molar-refractivity contribution in [2.75, 3.05) is 0 Å². The Labute approximate surface area is 145 Å². The van der Waals surface area contributed by atoms with E-state index in [1.807, 2.05) is 6.07 Å². The molecule has 0 fully saturated rings. The number of benzene rings is 2. The fourth-order valence-corrected chi connectivity index (χ4v) is 2.77. The second kappa shape index (κ2) is 6.52. The zero-order valence-corrected chi connectivity index (χ0v) is 14.1. The number of hydrogen-bond donors (Lipinski definition) is 2. The van der Waals surface area contributed by atoms with Crippen LogP contribution in [0.15, 0.2) is 57.2 Å². The van der Waals surface area contributed by atoms with Gasteiger partial charge in [-0.25, -0.2) is 0 Å². The monoisotopic (exact) mass is 391 g/mol. The van der Waals surface area contributed by atoms with Gasteiger partial charge in [0.15, 0.2) is 5.69 Å². The molecule has 0 aliphatic heterocycles. The summed E-state index contributed by atoms with van der Waals surface area (Å²) >= 11 is 9.24. The quantitative estimate of drug-likeness (QED) is 0.605. The number of amides is 1. The first-order chi connectivity index (χ1) is 11.0. The van der Waals surface area contributed by atoms with Crippen LogP contribution in [0.4, 0.5) is 5.69 Å². The minimum absolute atomic E-state index is 0.0941. The van der Waals surface area contributed by atoms with Crippen molar-refractivity contribution in [2.24, 2.45) is 10.2 Å². The third-order valence-corrected chi connectivity index (χ3v) is 3.95. The topological polar surface area (TPSA) is 77.8 Å². The van der Waals surface area contributed by atoms with Gasteiger partial charge >= 0.3 is 0 Å². The van der Waals surface area contributed by atoms with E-state index in [1.54, 1.807) is 36.4 Å². The number of H-pyrrole nitrogens is 1. The van der Waals surface area contributed by atoms with Crippen molar-refractivity contribution >= 4 is 50.0 Å². The standard InChI is InChI=1S/C16H11BrClN3O2/c17-10-4-5-13-12(8-10)15(16(23)19-13)21-20-14(22)7-9-2-1-3-11(18)6-9/h1-6,8,19,23H,7H2. The summed E-state index contributed by atoms with van der Waals surface area (Å²) in [7, 11) is 0. The molecule has 1 amide bonds.